The molecule has 0 aromatic rings. The molecule has 2 fully saturated rings. The summed E-state index contributed by atoms with van der Waals surface area (Å²) >= 11 is 3.75. The third kappa shape index (κ3) is 3.38. The molecule has 4 aliphatic rings. The fraction of sp³-hybridized carbons (Fsp3) is 0.808. The number of hydrogen-bond donors (Lipinski definition) is 1. The summed E-state index contributed by atoms with van der Waals surface area (Å²) in [4.78, 5) is 13.4. The Hall–Kier alpha value is -0.570. The zero-order chi connectivity index (χ0) is 21.0. The summed E-state index contributed by atoms with van der Waals surface area (Å²) in [5, 5.41) is 3.46. The first kappa shape index (κ1) is 21.7. The third-order valence-corrected chi connectivity index (χ3v) is 10.6. The molecule has 0 heterocycles. The van der Waals surface area contributed by atoms with Gasteiger partial charge in [0.05, 0.1) is 0 Å². The molecule has 4 aliphatic carbocycles. The number of halogens is 1. The van der Waals surface area contributed by atoms with Gasteiger partial charge in [0.2, 0.25) is 5.91 Å². The van der Waals surface area contributed by atoms with Crippen molar-refractivity contribution in [1.29, 1.82) is 0 Å². The Morgan fingerprint density at radius 2 is 1.90 bits per heavy atom. The molecule has 3 heteroatoms. The third-order valence-electron chi connectivity index (χ3n) is 10.0. The first-order valence-electron chi connectivity index (χ1n) is 12.1. The van der Waals surface area contributed by atoms with E-state index in [-0.39, 0.29) is 16.9 Å². The van der Waals surface area contributed by atoms with Crippen LogP contribution in [0.2, 0.25) is 0 Å². The number of carbonyl (C=O) groups is 1. The maximum atomic E-state index is 13.4. The van der Waals surface area contributed by atoms with Crippen LogP contribution in [-0.2, 0) is 4.79 Å². The number of allylic oxidation sites excluding steroid dienone is 4. The Kier molecular flexibility index (Phi) is 5.63. The highest BCUT2D eigenvalue weighted by Gasteiger charge is 2.59. The Labute approximate surface area is 186 Å². The number of nitrogens with one attached hydrogen (secondary N) is 1. The molecular weight excluding hydrogens is 422 g/mol. The molecule has 0 spiro atoms. The summed E-state index contributed by atoms with van der Waals surface area (Å²) in [6.07, 6.45) is 15.5. The molecule has 0 bridgehead atoms. The van der Waals surface area contributed by atoms with Crippen LogP contribution in [0.15, 0.2) is 22.2 Å². The normalized spacial score (nSPS) is 41.6. The molecule has 0 aromatic heterocycles. The SMILES string of the molecule is CCC(C)(CC)NC(=O)[C@H]1CC[C@H]2[C@@H]3CC=C4C=C(Br)CC[C@]4(C)[C@H]3CC[C@]12C. The second kappa shape index (κ2) is 7.53. The van der Waals surface area contributed by atoms with Crippen LogP contribution in [0.5, 0.6) is 0 Å². The molecule has 0 unspecified atom stereocenters. The van der Waals surface area contributed by atoms with E-state index in [0.29, 0.717) is 17.2 Å². The smallest absolute Gasteiger partial charge is 0.224 e. The molecule has 6 atom stereocenters. The maximum Gasteiger partial charge on any atom is 0.224 e. The van der Waals surface area contributed by atoms with Gasteiger partial charge in [0.25, 0.3) is 0 Å². The lowest BCUT2D eigenvalue weighted by atomic mass is 9.48. The molecule has 0 aliphatic heterocycles. The van der Waals surface area contributed by atoms with E-state index in [4.69, 9.17) is 0 Å². The van der Waals surface area contributed by atoms with Gasteiger partial charge in [-0.05, 0) is 109 Å². The average molecular weight is 463 g/mol. The van der Waals surface area contributed by atoms with Crippen LogP contribution in [-0.4, -0.2) is 11.4 Å². The molecule has 2 nitrogen and oxygen atoms in total. The van der Waals surface area contributed by atoms with E-state index < -0.39 is 0 Å². The van der Waals surface area contributed by atoms with Gasteiger partial charge in [-0.25, -0.2) is 0 Å². The topological polar surface area (TPSA) is 29.1 Å². The van der Waals surface area contributed by atoms with Crippen LogP contribution < -0.4 is 5.32 Å². The molecular formula is C26H40BrNO. The van der Waals surface area contributed by atoms with Crippen LogP contribution in [0.4, 0.5) is 0 Å². The first-order chi connectivity index (χ1) is 13.7. The largest absolute Gasteiger partial charge is 0.351 e. The van der Waals surface area contributed by atoms with Gasteiger partial charge < -0.3 is 5.32 Å². The number of carbonyl (C=O) groups excluding carboxylic acids is 1. The van der Waals surface area contributed by atoms with E-state index >= 15 is 0 Å². The summed E-state index contributed by atoms with van der Waals surface area (Å²) in [6.45, 7) is 11.6. The molecule has 4 rings (SSSR count). The van der Waals surface area contributed by atoms with Crippen molar-refractivity contribution < 1.29 is 4.79 Å². The first-order valence-corrected chi connectivity index (χ1v) is 12.8. The molecule has 29 heavy (non-hydrogen) atoms. The van der Waals surface area contributed by atoms with E-state index in [2.05, 4.69) is 68.0 Å². The highest BCUT2D eigenvalue weighted by molar-refractivity contribution is 9.11. The van der Waals surface area contributed by atoms with Gasteiger partial charge in [-0.1, -0.05) is 49.7 Å². The summed E-state index contributed by atoms with van der Waals surface area (Å²) in [6, 6.07) is 0. The van der Waals surface area contributed by atoms with Crippen LogP contribution in [0.3, 0.4) is 0 Å². The highest BCUT2D eigenvalue weighted by atomic mass is 79.9. The zero-order valence-electron chi connectivity index (χ0n) is 19.1. The van der Waals surface area contributed by atoms with E-state index in [9.17, 15) is 4.79 Å². The van der Waals surface area contributed by atoms with Crippen molar-refractivity contribution in [3.63, 3.8) is 0 Å². The number of rotatable bonds is 4. The van der Waals surface area contributed by atoms with Gasteiger partial charge in [0.15, 0.2) is 0 Å². The predicted octanol–water partition coefficient (Wildman–Crippen LogP) is 7.15. The molecule has 1 amide bonds. The van der Waals surface area contributed by atoms with Crippen molar-refractivity contribution >= 4 is 21.8 Å². The van der Waals surface area contributed by atoms with Crippen LogP contribution in [0, 0.1) is 34.5 Å². The standard InChI is InChI=1S/C26H40BrNO/c1-6-24(3,7-2)28-23(29)22-11-10-20-19-9-8-17-16-18(27)12-14-25(17,4)21(19)13-15-26(20,22)5/h8,16,19-22H,6-7,9-15H2,1-5H3,(H,28,29)/t19-,20-,21-,22+,25-,26-/m0/s1. The Balaban J connectivity index is 1.57. The van der Waals surface area contributed by atoms with Crippen molar-refractivity contribution in [2.75, 3.05) is 0 Å². The van der Waals surface area contributed by atoms with E-state index in [1.54, 1.807) is 5.57 Å². The lowest BCUT2D eigenvalue weighted by molar-refractivity contribution is -0.133. The van der Waals surface area contributed by atoms with E-state index in [1.165, 1.54) is 43.0 Å². The molecule has 2 saturated carbocycles. The Morgan fingerprint density at radius 1 is 1.17 bits per heavy atom. The quantitative estimate of drug-likeness (QED) is 0.472. The minimum Gasteiger partial charge on any atom is -0.351 e. The van der Waals surface area contributed by atoms with Crippen molar-refractivity contribution in [2.24, 2.45) is 34.5 Å². The fourth-order valence-corrected chi connectivity index (χ4v) is 7.98. The van der Waals surface area contributed by atoms with Crippen LogP contribution in [0.1, 0.15) is 92.4 Å². The number of amides is 1. The van der Waals surface area contributed by atoms with Crippen LogP contribution in [0.25, 0.3) is 0 Å². The van der Waals surface area contributed by atoms with Crippen molar-refractivity contribution in [2.45, 2.75) is 97.9 Å². The van der Waals surface area contributed by atoms with Gasteiger partial charge in [-0.3, -0.25) is 4.79 Å². The van der Waals surface area contributed by atoms with Gasteiger partial charge in [0.1, 0.15) is 0 Å². The maximum absolute atomic E-state index is 13.4. The average Bonchev–Trinajstić information content (AvgIpc) is 3.05. The van der Waals surface area contributed by atoms with E-state index in [1.807, 2.05) is 0 Å². The number of fused-ring (bicyclic) bond motifs is 5. The summed E-state index contributed by atoms with van der Waals surface area (Å²) < 4.78 is 1.37. The molecule has 0 aromatic carbocycles. The second-order valence-corrected chi connectivity index (χ2v) is 12.2. The van der Waals surface area contributed by atoms with Crippen molar-refractivity contribution in [1.82, 2.24) is 5.32 Å². The summed E-state index contributed by atoms with van der Waals surface area (Å²) in [7, 11) is 0. The molecule has 0 saturated heterocycles. The van der Waals surface area contributed by atoms with Crippen molar-refractivity contribution in [3.05, 3.63) is 22.2 Å². The highest BCUT2D eigenvalue weighted by Crippen LogP contribution is 2.66. The Morgan fingerprint density at radius 3 is 2.59 bits per heavy atom. The second-order valence-electron chi connectivity index (χ2n) is 11.2. The van der Waals surface area contributed by atoms with Gasteiger partial charge >= 0.3 is 0 Å². The monoisotopic (exact) mass is 461 g/mol. The minimum atomic E-state index is -0.0551. The zero-order valence-corrected chi connectivity index (χ0v) is 20.7. The Bertz CT molecular complexity index is 735. The van der Waals surface area contributed by atoms with Crippen LogP contribution >= 0.6 is 15.9 Å². The lowest BCUT2D eigenvalue weighted by Crippen LogP contribution is -2.53. The summed E-state index contributed by atoms with van der Waals surface area (Å²) in [5.41, 5.74) is 2.04. The number of hydrogen-bond acceptors (Lipinski definition) is 1. The molecule has 1 N–H and O–H groups in total. The lowest BCUT2D eigenvalue weighted by Gasteiger charge is -2.57. The molecule has 162 valence electrons. The minimum absolute atomic E-state index is 0.0551. The van der Waals surface area contributed by atoms with Gasteiger partial charge in [-0.15, -0.1) is 0 Å². The summed E-state index contributed by atoms with van der Waals surface area (Å²) in [5.74, 6) is 2.78. The molecule has 0 radical (unpaired) electrons. The van der Waals surface area contributed by atoms with Gasteiger partial charge in [0, 0.05) is 11.5 Å². The van der Waals surface area contributed by atoms with Gasteiger partial charge in [-0.2, -0.15) is 0 Å². The van der Waals surface area contributed by atoms with Crippen molar-refractivity contribution in [3.8, 4) is 0 Å². The van der Waals surface area contributed by atoms with E-state index in [0.717, 1.165) is 31.1 Å². The fourth-order valence-electron chi connectivity index (χ4n) is 7.53. The predicted molar refractivity (Wildman–Crippen MR) is 125 cm³/mol.